The lowest BCUT2D eigenvalue weighted by atomic mass is 10.0. The van der Waals surface area contributed by atoms with Gasteiger partial charge in [0.1, 0.15) is 5.82 Å². The summed E-state index contributed by atoms with van der Waals surface area (Å²) in [5.41, 5.74) is 1.14. The lowest BCUT2D eigenvalue weighted by Gasteiger charge is -2.37. The van der Waals surface area contributed by atoms with Gasteiger partial charge in [0.2, 0.25) is 0 Å². The fourth-order valence-corrected chi connectivity index (χ4v) is 3.25. The van der Waals surface area contributed by atoms with Crippen molar-refractivity contribution in [1.82, 2.24) is 10.2 Å². The molecule has 1 aliphatic heterocycles. The van der Waals surface area contributed by atoms with Crippen LogP contribution in [0.4, 0.5) is 9.18 Å². The summed E-state index contributed by atoms with van der Waals surface area (Å²) in [5.74, 6) is -0.178. The molecule has 1 fully saturated rings. The number of nitrogens with zero attached hydrogens (tertiary/aromatic N) is 1. The minimum Gasteiger partial charge on any atom is -0.396 e. The summed E-state index contributed by atoms with van der Waals surface area (Å²) in [6, 6.07) is 16.3. The maximum Gasteiger partial charge on any atom is 0.318 e. The van der Waals surface area contributed by atoms with E-state index in [1.807, 2.05) is 29.2 Å². The predicted molar refractivity (Wildman–Crippen MR) is 109 cm³/mol. The summed E-state index contributed by atoms with van der Waals surface area (Å²) in [7, 11) is 0. The fraction of sp³-hybridized carbons (Fsp3) is 0.381. The summed E-state index contributed by atoms with van der Waals surface area (Å²) in [6.45, 7) is 3.00. The molecule has 27 heavy (non-hydrogen) atoms. The van der Waals surface area contributed by atoms with Crippen molar-refractivity contribution in [3.8, 4) is 0 Å². The van der Waals surface area contributed by atoms with Gasteiger partial charge >= 0.3 is 6.03 Å². The first-order chi connectivity index (χ1) is 13.0. The third kappa shape index (κ3) is 6.96. The number of amides is 2. The Hall–Kier alpha value is -1.92. The molecule has 2 aromatic carbocycles. The normalized spacial score (nSPS) is 17.6. The van der Waals surface area contributed by atoms with Gasteiger partial charge in [0, 0.05) is 23.7 Å². The van der Waals surface area contributed by atoms with E-state index >= 15 is 0 Å². The van der Waals surface area contributed by atoms with E-state index in [0.717, 1.165) is 35.8 Å². The number of aliphatic hydroxyl groups excluding tert-OH is 1. The van der Waals surface area contributed by atoms with Crippen molar-refractivity contribution in [3.63, 3.8) is 0 Å². The van der Waals surface area contributed by atoms with Gasteiger partial charge in [0.25, 0.3) is 0 Å². The molecule has 4 nitrogen and oxygen atoms in total. The minimum absolute atomic E-state index is 0.00499. The van der Waals surface area contributed by atoms with E-state index in [1.54, 1.807) is 18.2 Å². The maximum absolute atomic E-state index is 12.2. The van der Waals surface area contributed by atoms with Gasteiger partial charge in [-0.05, 0) is 56.0 Å². The third-order valence-electron chi connectivity index (χ3n) is 4.57. The van der Waals surface area contributed by atoms with Gasteiger partial charge in [0.05, 0.1) is 6.04 Å². The van der Waals surface area contributed by atoms with Crippen molar-refractivity contribution in [2.45, 2.75) is 38.3 Å². The number of halogens is 2. The molecule has 0 bridgehead atoms. The highest BCUT2D eigenvalue weighted by molar-refractivity contribution is 9.10. The van der Waals surface area contributed by atoms with Gasteiger partial charge < -0.3 is 15.3 Å². The van der Waals surface area contributed by atoms with Crippen LogP contribution in [0.5, 0.6) is 0 Å². The standard InChI is InChI=1S/C15H21BrN2O2.C6H5F/c1-11(12-4-6-13(16)7-5-12)18-9-8-14(3-2-10-19)17-15(18)20;7-6-4-2-1-3-5-6/h4-7,11,14,19H,2-3,8-10H2,1H3,(H,17,20);1-5H. The minimum atomic E-state index is -0.178. The largest absolute Gasteiger partial charge is 0.396 e. The number of carbonyl (C=O) groups excluding carboxylic acids is 1. The average molecular weight is 437 g/mol. The molecule has 146 valence electrons. The molecule has 1 saturated heterocycles. The monoisotopic (exact) mass is 436 g/mol. The molecule has 0 saturated carbocycles. The van der Waals surface area contributed by atoms with Crippen LogP contribution >= 0.6 is 15.9 Å². The van der Waals surface area contributed by atoms with Crippen LogP contribution in [0.2, 0.25) is 0 Å². The summed E-state index contributed by atoms with van der Waals surface area (Å²) in [6.07, 6.45) is 2.53. The van der Waals surface area contributed by atoms with Crippen LogP contribution in [0.25, 0.3) is 0 Å². The van der Waals surface area contributed by atoms with Crippen LogP contribution in [-0.2, 0) is 0 Å². The highest BCUT2D eigenvalue weighted by atomic mass is 79.9. The van der Waals surface area contributed by atoms with Crippen LogP contribution in [-0.4, -0.2) is 35.2 Å². The molecule has 1 aliphatic rings. The molecule has 3 rings (SSSR count). The van der Waals surface area contributed by atoms with Gasteiger partial charge in [-0.15, -0.1) is 0 Å². The first-order valence-corrected chi connectivity index (χ1v) is 9.94. The molecule has 0 aliphatic carbocycles. The molecule has 2 amide bonds. The number of carbonyl (C=O) groups is 1. The van der Waals surface area contributed by atoms with E-state index in [0.29, 0.717) is 0 Å². The topological polar surface area (TPSA) is 52.6 Å². The fourth-order valence-electron chi connectivity index (χ4n) is 2.99. The lowest BCUT2D eigenvalue weighted by Crippen LogP contribution is -2.52. The summed E-state index contributed by atoms with van der Waals surface area (Å²) in [4.78, 5) is 14.1. The van der Waals surface area contributed by atoms with E-state index in [-0.39, 0.29) is 30.5 Å². The predicted octanol–water partition coefficient (Wildman–Crippen LogP) is 4.89. The number of urea groups is 1. The molecular formula is C21H26BrFN2O2. The van der Waals surface area contributed by atoms with Crippen LogP contribution in [0, 0.1) is 5.82 Å². The second-order valence-corrected chi connectivity index (χ2v) is 7.43. The Morgan fingerprint density at radius 2 is 1.89 bits per heavy atom. The van der Waals surface area contributed by atoms with Gasteiger partial charge in [-0.25, -0.2) is 9.18 Å². The highest BCUT2D eigenvalue weighted by Gasteiger charge is 2.28. The van der Waals surface area contributed by atoms with Crippen molar-refractivity contribution in [2.75, 3.05) is 13.2 Å². The molecule has 6 heteroatoms. The first kappa shape index (κ1) is 21.4. The Kier molecular flexibility index (Phi) is 8.75. The van der Waals surface area contributed by atoms with E-state index < -0.39 is 0 Å². The zero-order chi connectivity index (χ0) is 19.6. The summed E-state index contributed by atoms with van der Waals surface area (Å²) in [5, 5.41) is 11.9. The number of hydrogen-bond acceptors (Lipinski definition) is 2. The van der Waals surface area contributed by atoms with E-state index in [2.05, 4.69) is 28.2 Å². The van der Waals surface area contributed by atoms with Crippen molar-refractivity contribution in [2.24, 2.45) is 0 Å². The van der Waals surface area contributed by atoms with Crippen LogP contribution < -0.4 is 5.32 Å². The van der Waals surface area contributed by atoms with Gasteiger partial charge in [0.15, 0.2) is 0 Å². The van der Waals surface area contributed by atoms with Crippen molar-refractivity contribution >= 4 is 22.0 Å². The molecule has 2 N–H and O–H groups in total. The second kappa shape index (κ2) is 11.0. The Morgan fingerprint density at radius 1 is 1.22 bits per heavy atom. The zero-order valence-electron chi connectivity index (χ0n) is 15.4. The van der Waals surface area contributed by atoms with Crippen LogP contribution in [0.3, 0.4) is 0 Å². The number of hydrogen-bond donors (Lipinski definition) is 2. The van der Waals surface area contributed by atoms with Gasteiger partial charge in [-0.3, -0.25) is 0 Å². The van der Waals surface area contributed by atoms with Crippen molar-refractivity contribution in [3.05, 3.63) is 70.5 Å². The molecule has 2 aromatic rings. The van der Waals surface area contributed by atoms with Crippen molar-refractivity contribution in [1.29, 1.82) is 0 Å². The number of nitrogens with one attached hydrogen (secondary N) is 1. The molecule has 0 spiro atoms. The highest BCUT2D eigenvalue weighted by Crippen LogP contribution is 2.25. The maximum atomic E-state index is 12.2. The quantitative estimate of drug-likeness (QED) is 0.700. The number of benzene rings is 2. The first-order valence-electron chi connectivity index (χ1n) is 9.15. The number of aliphatic hydroxyl groups is 1. The third-order valence-corrected chi connectivity index (χ3v) is 5.10. The molecule has 1 heterocycles. The van der Waals surface area contributed by atoms with Crippen molar-refractivity contribution < 1.29 is 14.3 Å². The summed E-state index contributed by atoms with van der Waals surface area (Å²) >= 11 is 3.42. The second-order valence-electron chi connectivity index (χ2n) is 6.52. The molecule has 0 radical (unpaired) electrons. The average Bonchev–Trinajstić information content (AvgIpc) is 2.68. The van der Waals surface area contributed by atoms with Gasteiger partial charge in [-0.2, -0.15) is 0 Å². The lowest BCUT2D eigenvalue weighted by molar-refractivity contribution is 0.150. The number of rotatable bonds is 5. The van der Waals surface area contributed by atoms with Gasteiger partial charge in [-0.1, -0.05) is 46.3 Å². The molecule has 2 atom stereocenters. The molecule has 2 unspecified atom stereocenters. The zero-order valence-corrected chi connectivity index (χ0v) is 17.0. The Labute approximate surface area is 168 Å². The van der Waals surface area contributed by atoms with E-state index in [1.165, 1.54) is 12.1 Å². The Morgan fingerprint density at radius 3 is 2.41 bits per heavy atom. The van der Waals surface area contributed by atoms with Crippen LogP contribution in [0.15, 0.2) is 59.1 Å². The van der Waals surface area contributed by atoms with Crippen LogP contribution in [0.1, 0.15) is 37.8 Å². The van der Waals surface area contributed by atoms with E-state index in [4.69, 9.17) is 5.11 Å². The Bertz CT molecular complexity index is 697. The summed E-state index contributed by atoms with van der Waals surface area (Å²) < 4.78 is 12.9. The SMILES string of the molecule is CC(c1ccc(Br)cc1)N1CCC(CCCO)NC1=O.Fc1ccccc1. The molecule has 0 aromatic heterocycles. The smallest absolute Gasteiger partial charge is 0.318 e. The molecular weight excluding hydrogens is 411 g/mol. The Balaban J connectivity index is 0.000000313. The van der Waals surface area contributed by atoms with E-state index in [9.17, 15) is 9.18 Å².